The molecule has 0 aromatic carbocycles. The first-order chi connectivity index (χ1) is 24.4. The summed E-state index contributed by atoms with van der Waals surface area (Å²) < 4.78 is 5.81. The van der Waals surface area contributed by atoms with E-state index >= 15 is 0 Å². The number of hydrogen-bond acceptors (Lipinski definition) is 7. The van der Waals surface area contributed by atoms with Crippen molar-refractivity contribution in [2.24, 2.45) is 0 Å². The quantitative estimate of drug-likeness (QED) is 0.108. The molecular formula is C40H51N6O6Pd+. The Labute approximate surface area is 324 Å². The second-order valence-electron chi connectivity index (χ2n) is 15.2. The number of ketones is 1. The number of carbonyl (C=O) groups excluding carboxylic acids is 3. The molecule has 1 amide bonds. The predicted octanol–water partition coefficient (Wildman–Crippen LogP) is 5.59. The van der Waals surface area contributed by atoms with Gasteiger partial charge in [-0.1, -0.05) is 50.1 Å². The van der Waals surface area contributed by atoms with Gasteiger partial charge >= 0.3 is 32.4 Å². The number of hydrogen-bond donors (Lipinski definition) is 2. The van der Waals surface area contributed by atoms with Crippen LogP contribution in [0.4, 0.5) is 0 Å². The smallest absolute Gasteiger partial charge is 0.657 e. The van der Waals surface area contributed by atoms with E-state index in [9.17, 15) is 24.3 Å². The number of carbonyl (C=O) groups is 4. The molecule has 0 spiro atoms. The number of esters is 1. The van der Waals surface area contributed by atoms with E-state index in [-0.39, 0.29) is 69.1 Å². The molecule has 2 aliphatic heterocycles. The fourth-order valence-corrected chi connectivity index (χ4v) is 7.56. The molecule has 5 heterocycles. The monoisotopic (exact) mass is 817 g/mol. The Balaban J connectivity index is 0.00000627. The minimum Gasteiger partial charge on any atom is -0.657 e. The summed E-state index contributed by atoms with van der Waals surface area (Å²) in [7, 11) is 7.44. The molecule has 13 heteroatoms. The number of nitrogens with one attached hydrogen (secondary N) is 1. The van der Waals surface area contributed by atoms with Gasteiger partial charge in [0.05, 0.1) is 47.8 Å². The normalized spacial score (nSPS) is 18.3. The molecule has 0 unspecified atom stereocenters. The Kier molecular flexibility index (Phi) is 12.9. The Morgan fingerprint density at radius 1 is 0.887 bits per heavy atom. The second kappa shape index (κ2) is 16.5. The van der Waals surface area contributed by atoms with Crippen LogP contribution in [0.5, 0.6) is 0 Å². The van der Waals surface area contributed by atoms with Crippen LogP contribution in [-0.4, -0.2) is 84.5 Å². The van der Waals surface area contributed by atoms with Crippen molar-refractivity contribution in [1.82, 2.24) is 25.3 Å². The second-order valence-corrected chi connectivity index (χ2v) is 15.2. The third-order valence-corrected chi connectivity index (χ3v) is 10.6. The molecule has 0 aliphatic carbocycles. The van der Waals surface area contributed by atoms with Crippen molar-refractivity contribution in [2.45, 2.75) is 90.9 Å². The molecule has 0 saturated carbocycles. The standard InChI is InChI=1S/C40H52N6O6.Pd/c1-11-25-20(2)28-19-33-36(24(6)47)22(4)30(43-33)17-29-21(3)26(12-13-34(48)49)38(44-29)27(16-35(50)52-10)39-37(40(51)41-14-15-46(7,8)9)23(5)31(45-39)18-32(25)42-28;/h17-21,25-26H,11-16H2,1-10H3,(H3-,41,42,43,44,45,47,48,49,51);/q;+2/p-1/t20-,21+,25-,26+;/m1./s1. The van der Waals surface area contributed by atoms with E-state index in [2.05, 4.69) is 19.2 Å². The molecule has 2 aliphatic rings. The largest absolute Gasteiger partial charge is 2.00 e. The number of rotatable bonds is 11. The van der Waals surface area contributed by atoms with E-state index in [1.807, 2.05) is 60.1 Å². The first kappa shape index (κ1) is 41.6. The fourth-order valence-electron chi connectivity index (χ4n) is 7.56. The van der Waals surface area contributed by atoms with E-state index in [4.69, 9.17) is 24.7 Å². The first-order valence-electron chi connectivity index (χ1n) is 18.0. The van der Waals surface area contributed by atoms with Gasteiger partial charge in [0, 0.05) is 64.0 Å². The molecule has 3 aromatic rings. The maximum atomic E-state index is 14.2. The number of likely N-dealkylation sites (N-methyl/N-ethyl adjacent to an activating group) is 1. The average Bonchev–Trinajstić information content (AvgIpc) is 3.74. The molecule has 286 valence electrons. The van der Waals surface area contributed by atoms with Gasteiger partial charge in [-0.05, 0) is 39.2 Å². The Morgan fingerprint density at radius 2 is 1.47 bits per heavy atom. The summed E-state index contributed by atoms with van der Waals surface area (Å²) in [6, 6.07) is 5.67. The predicted molar refractivity (Wildman–Crippen MR) is 199 cm³/mol. The minimum atomic E-state index is -0.957. The number of Topliss-reactive ketones (excluding diaryl/α,β-unsaturated/α-hetero) is 1. The molecule has 8 bridgehead atoms. The van der Waals surface area contributed by atoms with Crippen LogP contribution in [0.15, 0.2) is 18.2 Å². The SMILES string of the molecule is CC[C@H]1c2cc3[n-]c(c(CC(=O)OC)c4nc(cc5[n-]c(cc(n2)[C@@H]1C)c(C(C)=O)c5C)[C@@H](C)[C@@H]4CCC(=O)O)c(C(=O)NCC[N+](C)(C)C)c3C.[Pd+2]. The van der Waals surface area contributed by atoms with E-state index in [0.717, 1.165) is 17.8 Å². The number of carboxylic acids is 1. The fraction of sp³-hybridized carbons (Fsp3) is 0.500. The Hall–Kier alpha value is -4.18. The summed E-state index contributed by atoms with van der Waals surface area (Å²) in [5, 5.41) is 12.8. The van der Waals surface area contributed by atoms with Crippen molar-refractivity contribution in [3.05, 3.63) is 68.8 Å². The Morgan fingerprint density at radius 3 is 2.08 bits per heavy atom. The Bertz CT molecular complexity index is 2090. The van der Waals surface area contributed by atoms with Crippen LogP contribution in [0, 0.1) is 13.8 Å². The van der Waals surface area contributed by atoms with Crippen molar-refractivity contribution in [2.75, 3.05) is 41.3 Å². The number of fused-ring (bicyclic) bond motifs is 8. The van der Waals surface area contributed by atoms with Crippen molar-refractivity contribution in [3.63, 3.8) is 0 Å². The van der Waals surface area contributed by atoms with Crippen LogP contribution in [0.1, 0.15) is 131 Å². The molecule has 0 saturated heterocycles. The van der Waals surface area contributed by atoms with Crippen LogP contribution in [-0.2, 0) is 41.2 Å². The van der Waals surface area contributed by atoms with E-state index in [0.29, 0.717) is 78.8 Å². The number of methoxy groups -OCH3 is 1. The van der Waals surface area contributed by atoms with Crippen LogP contribution in [0.3, 0.4) is 0 Å². The van der Waals surface area contributed by atoms with Crippen LogP contribution < -0.4 is 15.3 Å². The molecule has 53 heavy (non-hydrogen) atoms. The van der Waals surface area contributed by atoms with Gasteiger partial charge in [0.2, 0.25) is 5.91 Å². The number of nitrogens with zero attached hydrogens (tertiary/aromatic N) is 5. The summed E-state index contributed by atoms with van der Waals surface area (Å²) >= 11 is 0. The minimum absolute atomic E-state index is 0. The van der Waals surface area contributed by atoms with Crippen molar-refractivity contribution >= 4 is 45.7 Å². The van der Waals surface area contributed by atoms with Gasteiger partial charge in [0.1, 0.15) is 0 Å². The molecular weight excluding hydrogens is 767 g/mol. The number of aliphatic carboxylic acids is 1. The van der Waals surface area contributed by atoms with Gasteiger partial charge in [-0.2, -0.15) is 0 Å². The van der Waals surface area contributed by atoms with Gasteiger partial charge in [-0.15, -0.1) is 22.1 Å². The number of aromatic nitrogens is 4. The van der Waals surface area contributed by atoms with Crippen molar-refractivity contribution < 1.29 is 53.9 Å². The van der Waals surface area contributed by atoms with Crippen molar-refractivity contribution in [3.8, 4) is 0 Å². The van der Waals surface area contributed by atoms with Crippen LogP contribution in [0.25, 0.3) is 22.1 Å². The molecule has 12 nitrogen and oxygen atoms in total. The molecule has 3 aromatic heterocycles. The molecule has 5 rings (SSSR count). The third-order valence-electron chi connectivity index (χ3n) is 10.6. The van der Waals surface area contributed by atoms with Gasteiger partial charge in [0.15, 0.2) is 5.78 Å². The van der Waals surface area contributed by atoms with Crippen molar-refractivity contribution in [1.29, 1.82) is 0 Å². The number of aryl methyl sites for hydroxylation is 2. The number of quaternary nitrogens is 1. The summed E-state index contributed by atoms with van der Waals surface area (Å²) in [5.41, 5.74) is 7.30. The van der Waals surface area contributed by atoms with Gasteiger partial charge in [-0.25, -0.2) is 0 Å². The zero-order valence-electron chi connectivity index (χ0n) is 32.3. The third kappa shape index (κ3) is 8.64. The maximum Gasteiger partial charge on any atom is 2.00 e. The molecule has 4 atom stereocenters. The zero-order valence-corrected chi connectivity index (χ0v) is 33.9. The molecule has 0 fully saturated rings. The number of carboxylic acid groups (broad SMARTS) is 1. The topological polar surface area (TPSA) is 164 Å². The summed E-state index contributed by atoms with van der Waals surface area (Å²) in [4.78, 5) is 72.5. The molecule has 0 radical (unpaired) electrons. The summed E-state index contributed by atoms with van der Waals surface area (Å²) in [6.07, 6.45) is 0.664. The van der Waals surface area contributed by atoms with E-state index in [1.54, 1.807) is 0 Å². The first-order valence-corrected chi connectivity index (χ1v) is 18.0. The van der Waals surface area contributed by atoms with Crippen LogP contribution in [0.2, 0.25) is 0 Å². The van der Waals surface area contributed by atoms with Gasteiger partial charge in [0.25, 0.3) is 0 Å². The van der Waals surface area contributed by atoms with Crippen LogP contribution >= 0.6 is 0 Å². The average molecular weight is 818 g/mol. The summed E-state index contributed by atoms with van der Waals surface area (Å²) in [5.74, 6) is -2.58. The van der Waals surface area contributed by atoms with E-state index in [1.165, 1.54) is 14.0 Å². The van der Waals surface area contributed by atoms with Gasteiger partial charge < -0.3 is 29.6 Å². The molecule has 2 N–H and O–H groups in total. The zero-order chi connectivity index (χ0) is 38.2. The number of amides is 1. The van der Waals surface area contributed by atoms with E-state index < -0.39 is 17.9 Å². The number of ether oxygens (including phenoxy) is 1. The van der Waals surface area contributed by atoms with Gasteiger partial charge in [-0.3, -0.25) is 29.1 Å². The maximum absolute atomic E-state index is 14.2. The summed E-state index contributed by atoms with van der Waals surface area (Å²) in [6.45, 7) is 12.5.